The Bertz CT molecular complexity index is 914. The fraction of sp³-hybridized carbons (Fsp3) is 0.409. The van der Waals surface area contributed by atoms with Crippen molar-refractivity contribution in [2.24, 2.45) is 5.92 Å². The van der Waals surface area contributed by atoms with Crippen LogP contribution < -0.4 is 5.32 Å². The smallest absolute Gasteiger partial charge is 0.342 e. The molecule has 4 rings (SSSR count). The van der Waals surface area contributed by atoms with E-state index in [1.807, 2.05) is 35.7 Å². The van der Waals surface area contributed by atoms with E-state index in [4.69, 9.17) is 4.74 Å². The molecular formula is C22H24N2O4S. The first-order chi connectivity index (χ1) is 14.0. The highest BCUT2D eigenvalue weighted by Crippen LogP contribution is 2.38. The number of benzene rings is 1. The number of rotatable bonds is 6. The van der Waals surface area contributed by atoms with Gasteiger partial charge >= 0.3 is 5.97 Å². The van der Waals surface area contributed by atoms with Gasteiger partial charge in [0, 0.05) is 30.0 Å². The van der Waals surface area contributed by atoms with Crippen LogP contribution in [0.5, 0.6) is 0 Å². The highest BCUT2D eigenvalue weighted by atomic mass is 32.1. The van der Waals surface area contributed by atoms with Crippen molar-refractivity contribution in [1.29, 1.82) is 0 Å². The summed E-state index contributed by atoms with van der Waals surface area (Å²) in [5.74, 6) is -0.800. The number of hydrogen-bond donors (Lipinski definition) is 1. The molecule has 2 fully saturated rings. The number of esters is 1. The zero-order valence-electron chi connectivity index (χ0n) is 16.3. The first kappa shape index (κ1) is 19.6. The third-order valence-corrected chi connectivity index (χ3v) is 6.21. The molecule has 29 heavy (non-hydrogen) atoms. The molecule has 0 spiro atoms. The zero-order chi connectivity index (χ0) is 20.4. The molecule has 2 heterocycles. The molecular weight excluding hydrogens is 388 g/mol. The number of hydrogen-bond acceptors (Lipinski definition) is 5. The van der Waals surface area contributed by atoms with E-state index in [2.05, 4.69) is 5.32 Å². The van der Waals surface area contributed by atoms with Gasteiger partial charge in [0.1, 0.15) is 10.6 Å². The molecule has 1 aliphatic carbocycles. The Labute approximate surface area is 173 Å². The molecule has 2 aliphatic rings. The summed E-state index contributed by atoms with van der Waals surface area (Å²) in [6.45, 7) is 3.02. The van der Waals surface area contributed by atoms with Crippen LogP contribution in [0.3, 0.4) is 0 Å². The minimum Gasteiger partial charge on any atom is -0.449 e. The van der Waals surface area contributed by atoms with Gasteiger partial charge in [-0.15, -0.1) is 11.3 Å². The van der Waals surface area contributed by atoms with Crippen molar-refractivity contribution in [3.63, 3.8) is 0 Å². The van der Waals surface area contributed by atoms with E-state index in [9.17, 15) is 14.4 Å². The molecule has 1 aromatic carbocycles. The molecule has 1 saturated carbocycles. The number of nitrogens with one attached hydrogen (secondary N) is 1. The van der Waals surface area contributed by atoms with Crippen molar-refractivity contribution in [2.45, 2.75) is 38.7 Å². The van der Waals surface area contributed by atoms with Gasteiger partial charge in [0.2, 0.25) is 5.91 Å². The van der Waals surface area contributed by atoms with Crippen molar-refractivity contribution >= 4 is 34.1 Å². The van der Waals surface area contributed by atoms with E-state index in [1.165, 1.54) is 11.3 Å². The van der Waals surface area contributed by atoms with Crippen molar-refractivity contribution in [1.82, 2.24) is 4.90 Å². The fourth-order valence-corrected chi connectivity index (χ4v) is 4.47. The summed E-state index contributed by atoms with van der Waals surface area (Å²) in [4.78, 5) is 39.6. The molecule has 0 bridgehead atoms. The molecule has 7 heteroatoms. The summed E-state index contributed by atoms with van der Waals surface area (Å²) in [5, 5.41) is 5.21. The third kappa shape index (κ3) is 4.34. The first-order valence-electron chi connectivity index (χ1n) is 10.0. The Balaban J connectivity index is 1.58. The van der Waals surface area contributed by atoms with Crippen LogP contribution >= 0.6 is 11.3 Å². The molecule has 2 amide bonds. The second-order valence-electron chi connectivity index (χ2n) is 7.56. The lowest BCUT2D eigenvalue weighted by Gasteiger charge is -2.20. The van der Waals surface area contributed by atoms with Crippen molar-refractivity contribution in [2.75, 3.05) is 18.4 Å². The van der Waals surface area contributed by atoms with Crippen molar-refractivity contribution < 1.29 is 19.1 Å². The number of nitrogens with zero attached hydrogens (tertiary/aromatic N) is 1. The topological polar surface area (TPSA) is 75.7 Å². The fourth-order valence-electron chi connectivity index (χ4n) is 3.51. The molecule has 1 aliphatic heterocycles. The van der Waals surface area contributed by atoms with Crippen LogP contribution in [0.15, 0.2) is 35.7 Å². The van der Waals surface area contributed by atoms with E-state index >= 15 is 0 Å². The number of ether oxygens (including phenoxy) is 1. The van der Waals surface area contributed by atoms with Crippen LogP contribution in [-0.2, 0) is 14.3 Å². The summed E-state index contributed by atoms with van der Waals surface area (Å²) in [6.07, 6.45) is 2.85. The monoisotopic (exact) mass is 412 g/mol. The highest BCUT2D eigenvalue weighted by molar-refractivity contribution is 7.15. The lowest BCUT2D eigenvalue weighted by Crippen LogP contribution is -2.38. The van der Waals surface area contributed by atoms with E-state index in [-0.39, 0.29) is 17.7 Å². The lowest BCUT2D eigenvalue weighted by atomic mass is 10.0. The Hall–Kier alpha value is -2.67. The minimum absolute atomic E-state index is 0.0248. The maximum atomic E-state index is 13.1. The Morgan fingerprint density at radius 1 is 1.14 bits per heavy atom. The second kappa shape index (κ2) is 8.37. The van der Waals surface area contributed by atoms with E-state index < -0.39 is 12.1 Å². The molecule has 2 aromatic rings. The van der Waals surface area contributed by atoms with E-state index in [0.717, 1.165) is 31.2 Å². The molecule has 0 unspecified atom stereocenters. The van der Waals surface area contributed by atoms with Gasteiger partial charge in [0.15, 0.2) is 6.10 Å². The number of thiophene rings is 1. The average Bonchev–Trinajstić information content (AvgIpc) is 3.28. The molecule has 1 saturated heterocycles. The van der Waals surface area contributed by atoms with Gasteiger partial charge in [-0.1, -0.05) is 30.3 Å². The maximum absolute atomic E-state index is 13.1. The predicted octanol–water partition coefficient (Wildman–Crippen LogP) is 3.93. The van der Waals surface area contributed by atoms with Crippen molar-refractivity contribution in [3.8, 4) is 11.1 Å². The Morgan fingerprint density at radius 3 is 2.48 bits per heavy atom. The minimum atomic E-state index is -0.865. The van der Waals surface area contributed by atoms with Gasteiger partial charge in [-0.25, -0.2) is 4.79 Å². The van der Waals surface area contributed by atoms with Gasteiger partial charge < -0.3 is 15.0 Å². The maximum Gasteiger partial charge on any atom is 0.342 e. The van der Waals surface area contributed by atoms with Crippen LogP contribution in [0.2, 0.25) is 0 Å². The second-order valence-corrected chi connectivity index (χ2v) is 8.44. The van der Waals surface area contributed by atoms with Crippen molar-refractivity contribution in [3.05, 3.63) is 41.3 Å². The van der Waals surface area contributed by atoms with E-state index in [1.54, 1.807) is 11.8 Å². The van der Waals surface area contributed by atoms with Crippen LogP contribution in [0, 0.1) is 5.92 Å². The molecule has 1 N–H and O–H groups in total. The van der Waals surface area contributed by atoms with Crippen LogP contribution in [0.4, 0.5) is 5.00 Å². The third-order valence-electron chi connectivity index (χ3n) is 5.31. The van der Waals surface area contributed by atoms with Gasteiger partial charge in [0.25, 0.3) is 5.91 Å². The summed E-state index contributed by atoms with van der Waals surface area (Å²) < 4.78 is 5.55. The predicted molar refractivity (Wildman–Crippen MR) is 112 cm³/mol. The lowest BCUT2D eigenvalue weighted by molar-refractivity contribution is -0.138. The summed E-state index contributed by atoms with van der Waals surface area (Å²) in [6, 6.07) is 9.50. The van der Waals surface area contributed by atoms with Crippen LogP contribution in [0.25, 0.3) is 11.1 Å². The molecule has 1 aromatic heterocycles. The standard InChI is InChI=1S/C22H24N2O4S/c1-14(21(26)24-11-5-6-12-24)28-22(27)18-17(15-7-3-2-4-8-15)13-29-20(18)23-19(25)16-9-10-16/h2-4,7-8,13-14,16H,5-6,9-12H2,1H3,(H,23,25)/t14-/m1/s1. The zero-order valence-corrected chi connectivity index (χ0v) is 17.2. The summed E-state index contributed by atoms with van der Waals surface area (Å²) in [5.41, 5.74) is 1.88. The van der Waals surface area contributed by atoms with Gasteiger partial charge in [-0.3, -0.25) is 9.59 Å². The molecule has 6 nitrogen and oxygen atoms in total. The molecule has 1 atom stereocenters. The largest absolute Gasteiger partial charge is 0.449 e. The number of carbonyl (C=O) groups excluding carboxylic acids is 3. The Morgan fingerprint density at radius 2 is 1.83 bits per heavy atom. The average molecular weight is 413 g/mol. The number of amides is 2. The number of likely N-dealkylation sites (tertiary alicyclic amines) is 1. The number of anilines is 1. The normalized spacial score (nSPS) is 17.1. The van der Waals surface area contributed by atoms with Crippen LogP contribution in [0.1, 0.15) is 43.0 Å². The summed E-state index contributed by atoms with van der Waals surface area (Å²) >= 11 is 1.31. The summed E-state index contributed by atoms with van der Waals surface area (Å²) in [7, 11) is 0. The molecule has 152 valence electrons. The van der Waals surface area contributed by atoms with E-state index in [0.29, 0.717) is 29.2 Å². The Kier molecular flexibility index (Phi) is 5.67. The highest BCUT2D eigenvalue weighted by Gasteiger charge is 2.33. The van der Waals surface area contributed by atoms with Crippen LogP contribution in [-0.4, -0.2) is 41.9 Å². The SMILES string of the molecule is C[C@@H](OC(=O)c1c(-c2ccccc2)csc1NC(=O)C1CC1)C(=O)N1CCCC1. The van der Waals surface area contributed by atoms with Gasteiger partial charge in [-0.05, 0) is 38.2 Å². The number of carbonyl (C=O) groups is 3. The van der Waals surface area contributed by atoms with Gasteiger partial charge in [0.05, 0.1) is 0 Å². The van der Waals surface area contributed by atoms with Gasteiger partial charge in [-0.2, -0.15) is 0 Å². The molecule has 0 radical (unpaired) electrons. The quantitative estimate of drug-likeness (QED) is 0.730. The first-order valence-corrected chi connectivity index (χ1v) is 10.9.